The first-order valence-electron chi connectivity index (χ1n) is 6.17. The van der Waals surface area contributed by atoms with Crippen LogP contribution in [-0.2, 0) is 4.74 Å². The van der Waals surface area contributed by atoms with Gasteiger partial charge < -0.3 is 15.8 Å². The summed E-state index contributed by atoms with van der Waals surface area (Å²) in [6.45, 7) is 1.89. The average molecular weight is 282 g/mol. The van der Waals surface area contributed by atoms with Crippen LogP contribution in [-0.4, -0.2) is 18.1 Å². The van der Waals surface area contributed by atoms with Gasteiger partial charge in [-0.2, -0.15) is 5.26 Å². The van der Waals surface area contributed by atoms with Crippen molar-refractivity contribution in [2.24, 2.45) is 0 Å². The number of rotatable bonds is 3. The Bertz CT molecular complexity index is 735. The summed E-state index contributed by atoms with van der Waals surface area (Å²) in [6, 6.07) is 8.80. The normalized spacial score (nSPS) is 9.76. The van der Waals surface area contributed by atoms with Crippen molar-refractivity contribution in [3.63, 3.8) is 0 Å². The molecule has 6 heteroatoms. The summed E-state index contributed by atoms with van der Waals surface area (Å²) in [7, 11) is 1.29. The predicted molar refractivity (Wildman–Crippen MR) is 79.2 cm³/mol. The standard InChI is InChI=1S/C15H14N4O2/c1-9-3-4-10(8-16)7-12(9)19-14-13(17)11(5-6-18-14)15(20)21-2/h3-7H,17H2,1-2H3,(H,18,19). The minimum Gasteiger partial charge on any atom is -0.465 e. The highest BCUT2D eigenvalue weighted by molar-refractivity contribution is 5.98. The molecule has 0 atom stereocenters. The number of nitrogen functional groups attached to an aromatic ring is 1. The van der Waals surface area contributed by atoms with Gasteiger partial charge in [0.25, 0.3) is 0 Å². The minimum absolute atomic E-state index is 0.200. The van der Waals surface area contributed by atoms with Gasteiger partial charge in [-0.3, -0.25) is 0 Å². The molecule has 2 rings (SSSR count). The maximum Gasteiger partial charge on any atom is 0.340 e. The number of ether oxygens (including phenoxy) is 1. The molecule has 0 saturated heterocycles. The molecule has 0 bridgehead atoms. The summed E-state index contributed by atoms with van der Waals surface area (Å²) >= 11 is 0. The van der Waals surface area contributed by atoms with Crippen molar-refractivity contribution >= 4 is 23.2 Å². The highest BCUT2D eigenvalue weighted by Crippen LogP contribution is 2.26. The maximum absolute atomic E-state index is 11.6. The van der Waals surface area contributed by atoms with E-state index >= 15 is 0 Å². The highest BCUT2D eigenvalue weighted by atomic mass is 16.5. The Morgan fingerprint density at radius 2 is 2.19 bits per heavy atom. The number of carbonyl (C=O) groups excluding carboxylic acids is 1. The molecule has 0 aliphatic rings. The van der Waals surface area contributed by atoms with Gasteiger partial charge in [-0.25, -0.2) is 9.78 Å². The molecule has 0 saturated carbocycles. The maximum atomic E-state index is 11.6. The molecule has 0 aliphatic carbocycles. The molecule has 1 heterocycles. The first kappa shape index (κ1) is 14.3. The van der Waals surface area contributed by atoms with Gasteiger partial charge in [-0.1, -0.05) is 6.07 Å². The largest absolute Gasteiger partial charge is 0.465 e. The van der Waals surface area contributed by atoms with Crippen molar-refractivity contribution in [2.75, 3.05) is 18.2 Å². The number of nitriles is 1. The van der Waals surface area contributed by atoms with E-state index in [-0.39, 0.29) is 11.3 Å². The molecule has 0 radical (unpaired) electrons. The van der Waals surface area contributed by atoms with Crippen LogP contribution in [0.3, 0.4) is 0 Å². The van der Waals surface area contributed by atoms with E-state index in [0.717, 1.165) is 5.56 Å². The lowest BCUT2D eigenvalue weighted by atomic mass is 10.1. The van der Waals surface area contributed by atoms with E-state index in [2.05, 4.69) is 21.1 Å². The summed E-state index contributed by atoms with van der Waals surface area (Å²) in [6.07, 6.45) is 1.47. The van der Waals surface area contributed by atoms with E-state index < -0.39 is 5.97 Å². The first-order valence-corrected chi connectivity index (χ1v) is 6.17. The molecule has 1 aromatic heterocycles. The average Bonchev–Trinajstić information content (AvgIpc) is 2.50. The van der Waals surface area contributed by atoms with Crippen LogP contribution in [0.1, 0.15) is 21.5 Å². The Kier molecular flexibility index (Phi) is 4.05. The molecule has 0 fully saturated rings. The van der Waals surface area contributed by atoms with Crippen molar-refractivity contribution in [3.05, 3.63) is 47.2 Å². The third kappa shape index (κ3) is 2.92. The third-order valence-corrected chi connectivity index (χ3v) is 3.02. The molecule has 1 aromatic carbocycles. The monoisotopic (exact) mass is 282 g/mol. The van der Waals surface area contributed by atoms with Gasteiger partial charge in [-0.15, -0.1) is 0 Å². The number of benzene rings is 1. The second-order valence-electron chi connectivity index (χ2n) is 4.38. The Morgan fingerprint density at radius 3 is 2.86 bits per heavy atom. The molecule has 2 aromatic rings. The molecule has 0 unspecified atom stereocenters. The quantitative estimate of drug-likeness (QED) is 0.838. The number of aromatic nitrogens is 1. The first-order chi connectivity index (χ1) is 10.1. The van der Waals surface area contributed by atoms with E-state index in [4.69, 9.17) is 11.0 Å². The second kappa shape index (κ2) is 5.92. The van der Waals surface area contributed by atoms with Gasteiger partial charge in [0.15, 0.2) is 5.82 Å². The SMILES string of the molecule is COC(=O)c1ccnc(Nc2cc(C#N)ccc2C)c1N. The molecular weight excluding hydrogens is 268 g/mol. The van der Waals surface area contributed by atoms with Crippen LogP contribution < -0.4 is 11.1 Å². The van der Waals surface area contributed by atoms with Crippen molar-refractivity contribution in [1.29, 1.82) is 5.26 Å². The van der Waals surface area contributed by atoms with E-state index in [1.807, 2.05) is 13.0 Å². The van der Waals surface area contributed by atoms with E-state index in [1.54, 1.807) is 12.1 Å². The Morgan fingerprint density at radius 1 is 1.43 bits per heavy atom. The van der Waals surface area contributed by atoms with Gasteiger partial charge in [0, 0.05) is 11.9 Å². The summed E-state index contributed by atoms with van der Waals surface area (Å²) in [5.74, 6) is -0.184. The zero-order valence-corrected chi connectivity index (χ0v) is 11.7. The highest BCUT2D eigenvalue weighted by Gasteiger charge is 2.14. The number of nitrogens with two attached hydrogens (primary N) is 1. The van der Waals surface area contributed by atoms with Crippen molar-refractivity contribution in [1.82, 2.24) is 4.98 Å². The fraction of sp³-hybridized carbons (Fsp3) is 0.133. The van der Waals surface area contributed by atoms with Crippen LogP contribution in [0.25, 0.3) is 0 Å². The number of carbonyl (C=O) groups is 1. The van der Waals surface area contributed by atoms with E-state index in [0.29, 0.717) is 17.1 Å². The van der Waals surface area contributed by atoms with Crippen LogP contribution in [0.2, 0.25) is 0 Å². The number of nitrogens with one attached hydrogen (secondary N) is 1. The lowest BCUT2D eigenvalue weighted by Gasteiger charge is -2.12. The summed E-state index contributed by atoms with van der Waals surface area (Å²) in [5, 5.41) is 12.0. The molecule has 21 heavy (non-hydrogen) atoms. The Balaban J connectivity index is 2.41. The number of anilines is 3. The van der Waals surface area contributed by atoms with E-state index in [9.17, 15) is 4.79 Å². The van der Waals surface area contributed by atoms with Crippen molar-refractivity contribution in [2.45, 2.75) is 6.92 Å². The number of nitrogens with zero attached hydrogens (tertiary/aromatic N) is 2. The zero-order valence-electron chi connectivity index (χ0n) is 11.7. The van der Waals surface area contributed by atoms with Crippen LogP contribution in [0, 0.1) is 18.3 Å². The van der Waals surface area contributed by atoms with Crippen LogP contribution in [0.5, 0.6) is 0 Å². The summed E-state index contributed by atoms with van der Waals surface area (Å²) in [4.78, 5) is 15.7. The number of esters is 1. The van der Waals surface area contributed by atoms with Gasteiger partial charge in [0.1, 0.15) is 0 Å². The summed E-state index contributed by atoms with van der Waals surface area (Å²) < 4.78 is 4.66. The van der Waals surface area contributed by atoms with Crippen LogP contribution in [0.4, 0.5) is 17.2 Å². The smallest absolute Gasteiger partial charge is 0.340 e. The topological polar surface area (TPSA) is 101 Å². The molecule has 3 N–H and O–H groups in total. The van der Waals surface area contributed by atoms with E-state index in [1.165, 1.54) is 19.4 Å². The second-order valence-corrected chi connectivity index (χ2v) is 4.38. The fourth-order valence-electron chi connectivity index (χ4n) is 1.81. The molecule has 0 amide bonds. The Labute approximate surface area is 122 Å². The van der Waals surface area contributed by atoms with Gasteiger partial charge in [-0.05, 0) is 30.7 Å². The lowest BCUT2D eigenvalue weighted by molar-refractivity contribution is 0.0602. The molecule has 0 spiro atoms. The van der Waals surface area contributed by atoms with Gasteiger partial charge in [0.2, 0.25) is 0 Å². The molecule has 0 aliphatic heterocycles. The number of hydrogen-bond donors (Lipinski definition) is 2. The van der Waals surface area contributed by atoms with Gasteiger partial charge >= 0.3 is 5.97 Å². The number of aryl methyl sites for hydroxylation is 1. The number of hydrogen-bond acceptors (Lipinski definition) is 6. The number of methoxy groups -OCH3 is 1. The van der Waals surface area contributed by atoms with Crippen LogP contribution >= 0.6 is 0 Å². The van der Waals surface area contributed by atoms with Crippen molar-refractivity contribution < 1.29 is 9.53 Å². The summed E-state index contributed by atoms with van der Waals surface area (Å²) in [5.41, 5.74) is 8.53. The minimum atomic E-state index is -0.527. The van der Waals surface area contributed by atoms with Crippen LogP contribution in [0.15, 0.2) is 30.5 Å². The molecule has 106 valence electrons. The predicted octanol–water partition coefficient (Wildman–Crippen LogP) is 2.37. The number of pyridine rings is 1. The fourth-order valence-corrected chi connectivity index (χ4v) is 1.81. The molecular formula is C15H14N4O2. The molecule has 6 nitrogen and oxygen atoms in total. The van der Waals surface area contributed by atoms with Crippen molar-refractivity contribution in [3.8, 4) is 6.07 Å². The van der Waals surface area contributed by atoms with Gasteiger partial charge in [0.05, 0.1) is 30.0 Å². The lowest BCUT2D eigenvalue weighted by Crippen LogP contribution is -2.09. The third-order valence-electron chi connectivity index (χ3n) is 3.02. The Hall–Kier alpha value is -3.07. The zero-order chi connectivity index (χ0) is 15.4.